The maximum atomic E-state index is 12.2. The Morgan fingerprint density at radius 3 is 2.68 bits per heavy atom. The molecule has 0 aromatic rings. The number of nitrogens with zero attached hydrogens (tertiary/aromatic N) is 2. The van der Waals surface area contributed by atoms with Crippen molar-refractivity contribution in [2.24, 2.45) is 5.41 Å². The van der Waals surface area contributed by atoms with Crippen molar-refractivity contribution in [3.8, 4) is 0 Å². The maximum Gasteiger partial charge on any atom is 0.242 e. The molecule has 2 amide bonds. The summed E-state index contributed by atoms with van der Waals surface area (Å²) in [6.45, 7) is 4.21. The minimum Gasteiger partial charge on any atom is -0.341 e. The Bertz CT molecular complexity index is 372. The lowest BCUT2D eigenvalue weighted by molar-refractivity contribution is -0.139. The third-order valence-electron chi connectivity index (χ3n) is 4.66. The molecule has 0 aromatic heterocycles. The van der Waals surface area contributed by atoms with Gasteiger partial charge in [0.15, 0.2) is 0 Å². The molecule has 0 aromatic carbocycles. The molecular formula is C13H21N3O2S. The molecule has 0 unspecified atom stereocenters. The van der Waals surface area contributed by atoms with Crippen LogP contribution in [-0.2, 0) is 9.59 Å². The fraction of sp³-hybridized carbons (Fsp3) is 0.846. The highest BCUT2D eigenvalue weighted by Crippen LogP contribution is 2.36. The fourth-order valence-corrected chi connectivity index (χ4v) is 4.16. The standard InChI is InChI=1S/C13H21N3O2S/c17-11(7-16-10-19-8-12(16)18)15-5-2-13(3-6-15)1-4-14-9-13/h14H,1-10H2. The first-order chi connectivity index (χ1) is 9.19. The van der Waals surface area contributed by atoms with Crippen molar-refractivity contribution in [3.05, 3.63) is 0 Å². The maximum absolute atomic E-state index is 12.2. The zero-order valence-electron chi connectivity index (χ0n) is 11.2. The quantitative estimate of drug-likeness (QED) is 0.782. The second-order valence-corrected chi connectivity index (χ2v) is 6.83. The van der Waals surface area contributed by atoms with E-state index in [1.807, 2.05) is 4.90 Å². The van der Waals surface area contributed by atoms with Crippen LogP contribution < -0.4 is 5.32 Å². The Morgan fingerprint density at radius 2 is 2.11 bits per heavy atom. The molecule has 3 rings (SSSR count). The van der Waals surface area contributed by atoms with Crippen LogP contribution >= 0.6 is 11.8 Å². The summed E-state index contributed by atoms with van der Waals surface area (Å²) in [5, 5.41) is 3.43. The molecule has 19 heavy (non-hydrogen) atoms. The summed E-state index contributed by atoms with van der Waals surface area (Å²) in [6, 6.07) is 0. The highest BCUT2D eigenvalue weighted by atomic mass is 32.2. The number of nitrogens with one attached hydrogen (secondary N) is 1. The molecule has 3 saturated heterocycles. The number of amides is 2. The molecule has 6 heteroatoms. The Morgan fingerprint density at radius 1 is 1.32 bits per heavy atom. The SMILES string of the molecule is O=C(CN1CSCC1=O)N1CCC2(CCNC2)CC1. The van der Waals surface area contributed by atoms with Crippen molar-refractivity contribution in [2.45, 2.75) is 19.3 Å². The molecule has 3 fully saturated rings. The summed E-state index contributed by atoms with van der Waals surface area (Å²) < 4.78 is 0. The number of thioether (sulfide) groups is 1. The first-order valence-corrected chi connectivity index (χ1v) is 8.18. The monoisotopic (exact) mass is 283 g/mol. The molecule has 106 valence electrons. The fourth-order valence-electron chi connectivity index (χ4n) is 3.26. The van der Waals surface area contributed by atoms with Gasteiger partial charge in [0.05, 0.1) is 11.6 Å². The van der Waals surface area contributed by atoms with Gasteiger partial charge in [-0.2, -0.15) is 0 Å². The molecule has 0 bridgehead atoms. The molecule has 0 radical (unpaired) electrons. The second kappa shape index (κ2) is 5.32. The van der Waals surface area contributed by atoms with Crippen LogP contribution in [0.3, 0.4) is 0 Å². The number of hydrogen-bond acceptors (Lipinski definition) is 4. The minimum atomic E-state index is 0.104. The van der Waals surface area contributed by atoms with E-state index in [1.54, 1.807) is 16.7 Å². The predicted molar refractivity (Wildman–Crippen MR) is 74.8 cm³/mol. The van der Waals surface area contributed by atoms with E-state index in [0.29, 0.717) is 17.0 Å². The first kappa shape index (κ1) is 13.2. The van der Waals surface area contributed by atoms with E-state index in [9.17, 15) is 9.59 Å². The van der Waals surface area contributed by atoms with E-state index < -0.39 is 0 Å². The van der Waals surface area contributed by atoms with Gasteiger partial charge in [0.2, 0.25) is 11.8 Å². The van der Waals surface area contributed by atoms with Crippen LogP contribution in [-0.4, -0.2) is 66.0 Å². The third-order valence-corrected chi connectivity index (χ3v) is 5.61. The van der Waals surface area contributed by atoms with Gasteiger partial charge in [-0.1, -0.05) is 0 Å². The summed E-state index contributed by atoms with van der Waals surface area (Å²) in [6.07, 6.45) is 3.46. The van der Waals surface area contributed by atoms with Gasteiger partial charge >= 0.3 is 0 Å². The van der Waals surface area contributed by atoms with Crippen LogP contribution in [0.1, 0.15) is 19.3 Å². The lowest BCUT2D eigenvalue weighted by Gasteiger charge is -2.39. The predicted octanol–water partition coefficient (Wildman–Crippen LogP) is 0.121. The minimum absolute atomic E-state index is 0.104. The first-order valence-electron chi connectivity index (χ1n) is 7.03. The average molecular weight is 283 g/mol. The van der Waals surface area contributed by atoms with Gasteiger partial charge in [-0.3, -0.25) is 9.59 Å². The highest BCUT2D eigenvalue weighted by molar-refractivity contribution is 8.00. The van der Waals surface area contributed by atoms with Crippen molar-refractivity contribution < 1.29 is 9.59 Å². The molecular weight excluding hydrogens is 262 g/mol. The van der Waals surface area contributed by atoms with Crippen molar-refractivity contribution in [1.82, 2.24) is 15.1 Å². The van der Waals surface area contributed by atoms with Gasteiger partial charge in [0.25, 0.3) is 0 Å². The van der Waals surface area contributed by atoms with Crippen LogP contribution in [0.4, 0.5) is 0 Å². The Kier molecular flexibility index (Phi) is 3.71. The van der Waals surface area contributed by atoms with Crippen LogP contribution in [0.25, 0.3) is 0 Å². The molecule has 3 aliphatic rings. The van der Waals surface area contributed by atoms with Gasteiger partial charge in [0, 0.05) is 19.6 Å². The molecule has 0 atom stereocenters. The van der Waals surface area contributed by atoms with E-state index in [2.05, 4.69) is 5.32 Å². The Hall–Kier alpha value is -0.750. The number of rotatable bonds is 2. The van der Waals surface area contributed by atoms with Gasteiger partial charge in [-0.25, -0.2) is 0 Å². The van der Waals surface area contributed by atoms with Crippen molar-refractivity contribution in [1.29, 1.82) is 0 Å². The zero-order chi connectivity index (χ0) is 13.3. The van der Waals surface area contributed by atoms with E-state index in [-0.39, 0.29) is 18.4 Å². The summed E-state index contributed by atoms with van der Waals surface area (Å²) in [5.41, 5.74) is 0.441. The smallest absolute Gasteiger partial charge is 0.242 e. The number of carbonyl (C=O) groups is 2. The topological polar surface area (TPSA) is 52.7 Å². The van der Waals surface area contributed by atoms with E-state index >= 15 is 0 Å². The Balaban J connectivity index is 1.50. The van der Waals surface area contributed by atoms with Crippen LogP contribution in [0.2, 0.25) is 0 Å². The molecule has 0 saturated carbocycles. The molecule has 1 N–H and O–H groups in total. The number of carbonyl (C=O) groups excluding carboxylic acids is 2. The number of likely N-dealkylation sites (tertiary alicyclic amines) is 1. The van der Waals surface area contributed by atoms with Crippen molar-refractivity contribution in [2.75, 3.05) is 44.4 Å². The van der Waals surface area contributed by atoms with Gasteiger partial charge in [0.1, 0.15) is 6.54 Å². The number of hydrogen-bond donors (Lipinski definition) is 1. The van der Waals surface area contributed by atoms with E-state index in [4.69, 9.17) is 0 Å². The lowest BCUT2D eigenvalue weighted by Crippen LogP contribution is -2.47. The molecule has 5 nitrogen and oxygen atoms in total. The third kappa shape index (κ3) is 2.74. The zero-order valence-corrected chi connectivity index (χ0v) is 12.0. The lowest BCUT2D eigenvalue weighted by atomic mass is 9.78. The van der Waals surface area contributed by atoms with E-state index in [1.165, 1.54) is 6.42 Å². The van der Waals surface area contributed by atoms with Crippen molar-refractivity contribution in [3.63, 3.8) is 0 Å². The second-order valence-electron chi connectivity index (χ2n) is 5.88. The largest absolute Gasteiger partial charge is 0.341 e. The summed E-state index contributed by atoms with van der Waals surface area (Å²) >= 11 is 1.59. The Labute approximate surface area is 118 Å². The van der Waals surface area contributed by atoms with Gasteiger partial charge < -0.3 is 15.1 Å². The summed E-state index contributed by atoms with van der Waals surface area (Å²) in [5.74, 6) is 1.43. The van der Waals surface area contributed by atoms with Crippen LogP contribution in [0.15, 0.2) is 0 Å². The average Bonchev–Trinajstić information content (AvgIpc) is 3.01. The van der Waals surface area contributed by atoms with E-state index in [0.717, 1.165) is 39.0 Å². The van der Waals surface area contributed by atoms with Crippen LogP contribution in [0, 0.1) is 5.41 Å². The normalized spacial score (nSPS) is 26.4. The summed E-state index contributed by atoms with van der Waals surface area (Å²) in [4.78, 5) is 27.4. The molecule has 1 spiro atoms. The highest BCUT2D eigenvalue weighted by Gasteiger charge is 2.38. The molecule has 3 heterocycles. The molecule has 0 aliphatic carbocycles. The van der Waals surface area contributed by atoms with Gasteiger partial charge in [-0.05, 0) is 31.2 Å². The number of piperidine rings is 1. The van der Waals surface area contributed by atoms with Gasteiger partial charge in [-0.15, -0.1) is 11.8 Å². The van der Waals surface area contributed by atoms with Crippen LogP contribution in [0.5, 0.6) is 0 Å². The molecule has 3 aliphatic heterocycles. The van der Waals surface area contributed by atoms with Crippen molar-refractivity contribution >= 4 is 23.6 Å². The summed E-state index contributed by atoms with van der Waals surface area (Å²) in [7, 11) is 0.